The summed E-state index contributed by atoms with van der Waals surface area (Å²) in [6.07, 6.45) is 7.81. The lowest BCUT2D eigenvalue weighted by atomic mass is 9.67. The topological polar surface area (TPSA) is 32.3 Å². The van der Waals surface area contributed by atoms with Gasteiger partial charge in [-0.1, -0.05) is 19.8 Å². The summed E-state index contributed by atoms with van der Waals surface area (Å²) in [5, 5.41) is 13.1. The van der Waals surface area contributed by atoms with Crippen LogP contribution in [-0.4, -0.2) is 23.3 Å². The van der Waals surface area contributed by atoms with Crippen LogP contribution in [0.3, 0.4) is 0 Å². The van der Waals surface area contributed by atoms with E-state index < -0.39 is 0 Å². The molecule has 0 bridgehead atoms. The number of rotatable bonds is 3. The molecule has 0 aromatic rings. The quantitative estimate of drug-likeness (QED) is 0.697. The molecule has 2 saturated carbocycles. The molecular weight excluding hydrogens is 162 g/mol. The summed E-state index contributed by atoms with van der Waals surface area (Å²) in [6.45, 7) is 2.58. The second-order valence-electron chi connectivity index (χ2n) is 4.88. The molecule has 0 amide bonds. The Kier molecular flexibility index (Phi) is 2.61. The van der Waals surface area contributed by atoms with Crippen LogP contribution in [0.25, 0.3) is 0 Å². The van der Waals surface area contributed by atoms with E-state index in [-0.39, 0.29) is 5.54 Å². The first-order valence-electron chi connectivity index (χ1n) is 5.65. The second-order valence-corrected chi connectivity index (χ2v) is 4.88. The Morgan fingerprint density at radius 1 is 1.31 bits per heavy atom. The standard InChI is InChI=1S/C11H21NO/c1-9-6-7-11(9,8-13)12-10-4-2-3-5-10/h9-10,12-13H,2-8H2,1H3. The van der Waals surface area contributed by atoms with Crippen LogP contribution in [-0.2, 0) is 0 Å². The SMILES string of the molecule is CC1CCC1(CO)NC1CCCC1. The van der Waals surface area contributed by atoms with Gasteiger partial charge in [0.25, 0.3) is 0 Å². The third-order valence-electron chi connectivity index (χ3n) is 4.10. The lowest BCUT2D eigenvalue weighted by molar-refractivity contribution is 0.0216. The monoisotopic (exact) mass is 183 g/mol. The van der Waals surface area contributed by atoms with E-state index in [0.717, 1.165) is 0 Å². The van der Waals surface area contributed by atoms with Crippen LogP contribution in [0.1, 0.15) is 45.4 Å². The maximum Gasteiger partial charge on any atom is 0.0616 e. The molecule has 0 heterocycles. The van der Waals surface area contributed by atoms with Crippen LogP contribution in [0.5, 0.6) is 0 Å². The lowest BCUT2D eigenvalue weighted by Crippen LogP contribution is -2.62. The summed E-state index contributed by atoms with van der Waals surface area (Å²) >= 11 is 0. The summed E-state index contributed by atoms with van der Waals surface area (Å²) in [5.41, 5.74) is 0.0923. The van der Waals surface area contributed by atoms with Crippen LogP contribution in [0.4, 0.5) is 0 Å². The molecule has 0 aromatic heterocycles. The Bertz CT molecular complexity index is 173. The van der Waals surface area contributed by atoms with Gasteiger partial charge < -0.3 is 10.4 Å². The van der Waals surface area contributed by atoms with Crippen molar-refractivity contribution in [1.82, 2.24) is 5.32 Å². The Morgan fingerprint density at radius 3 is 2.38 bits per heavy atom. The van der Waals surface area contributed by atoms with Gasteiger partial charge in [-0.15, -0.1) is 0 Å². The van der Waals surface area contributed by atoms with Crippen molar-refractivity contribution in [3.63, 3.8) is 0 Å². The summed E-state index contributed by atoms with van der Waals surface area (Å²) in [5.74, 6) is 0.665. The van der Waals surface area contributed by atoms with E-state index in [2.05, 4.69) is 12.2 Å². The van der Waals surface area contributed by atoms with Gasteiger partial charge in [0.2, 0.25) is 0 Å². The van der Waals surface area contributed by atoms with Gasteiger partial charge in [0.15, 0.2) is 0 Å². The fourth-order valence-electron chi connectivity index (χ4n) is 2.75. The van der Waals surface area contributed by atoms with Gasteiger partial charge >= 0.3 is 0 Å². The first-order valence-corrected chi connectivity index (χ1v) is 5.65. The predicted molar refractivity (Wildman–Crippen MR) is 53.6 cm³/mol. The van der Waals surface area contributed by atoms with Gasteiger partial charge in [-0.3, -0.25) is 0 Å². The Balaban J connectivity index is 1.90. The highest BCUT2D eigenvalue weighted by Gasteiger charge is 2.44. The average Bonchev–Trinajstić information content (AvgIpc) is 2.64. The van der Waals surface area contributed by atoms with Crippen LogP contribution in [0.15, 0.2) is 0 Å². The van der Waals surface area contributed by atoms with Crippen molar-refractivity contribution in [2.24, 2.45) is 5.92 Å². The summed E-state index contributed by atoms with van der Waals surface area (Å²) < 4.78 is 0. The highest BCUT2D eigenvalue weighted by Crippen LogP contribution is 2.39. The van der Waals surface area contributed by atoms with Crippen molar-refractivity contribution in [3.05, 3.63) is 0 Å². The fraction of sp³-hybridized carbons (Fsp3) is 1.00. The average molecular weight is 183 g/mol. The minimum Gasteiger partial charge on any atom is -0.394 e. The second kappa shape index (κ2) is 3.58. The highest BCUT2D eigenvalue weighted by molar-refractivity contribution is 5.02. The van der Waals surface area contributed by atoms with Crippen molar-refractivity contribution in [2.45, 2.75) is 57.0 Å². The zero-order chi connectivity index (χ0) is 9.31. The molecule has 0 spiro atoms. The smallest absolute Gasteiger partial charge is 0.0616 e. The van der Waals surface area contributed by atoms with Crippen molar-refractivity contribution >= 4 is 0 Å². The maximum atomic E-state index is 9.40. The molecule has 13 heavy (non-hydrogen) atoms. The van der Waals surface area contributed by atoms with Gasteiger partial charge in [-0.05, 0) is 31.6 Å². The summed E-state index contributed by atoms with van der Waals surface area (Å²) in [6, 6.07) is 0.690. The number of hydrogen-bond donors (Lipinski definition) is 2. The first kappa shape index (κ1) is 9.47. The largest absolute Gasteiger partial charge is 0.394 e. The molecule has 2 heteroatoms. The van der Waals surface area contributed by atoms with Crippen LogP contribution in [0, 0.1) is 5.92 Å². The van der Waals surface area contributed by atoms with E-state index in [4.69, 9.17) is 0 Å². The molecule has 0 radical (unpaired) electrons. The fourth-order valence-corrected chi connectivity index (χ4v) is 2.75. The molecule has 2 nitrogen and oxygen atoms in total. The lowest BCUT2D eigenvalue weighted by Gasteiger charge is -2.49. The van der Waals surface area contributed by atoms with Gasteiger partial charge in [0.05, 0.1) is 6.61 Å². The molecular formula is C11H21NO. The molecule has 0 saturated heterocycles. The van der Waals surface area contributed by atoms with Gasteiger partial charge in [-0.25, -0.2) is 0 Å². The summed E-state index contributed by atoms with van der Waals surface area (Å²) in [4.78, 5) is 0. The van der Waals surface area contributed by atoms with Crippen molar-refractivity contribution in [3.8, 4) is 0 Å². The third kappa shape index (κ3) is 1.62. The maximum absolute atomic E-state index is 9.40. The van der Waals surface area contributed by atoms with E-state index in [9.17, 15) is 5.11 Å². The van der Waals surface area contributed by atoms with Crippen LogP contribution >= 0.6 is 0 Å². The predicted octanol–water partition coefficient (Wildman–Crippen LogP) is 1.68. The zero-order valence-electron chi connectivity index (χ0n) is 8.55. The third-order valence-corrected chi connectivity index (χ3v) is 4.10. The van der Waals surface area contributed by atoms with Gasteiger partial charge in [0.1, 0.15) is 0 Å². The molecule has 2 aliphatic rings. The van der Waals surface area contributed by atoms with Crippen molar-refractivity contribution in [2.75, 3.05) is 6.61 Å². The molecule has 2 fully saturated rings. The first-order chi connectivity index (χ1) is 6.27. The molecule has 2 rings (SSSR count). The van der Waals surface area contributed by atoms with E-state index in [1.165, 1.54) is 38.5 Å². The molecule has 2 N–H and O–H groups in total. The van der Waals surface area contributed by atoms with Crippen LogP contribution < -0.4 is 5.32 Å². The van der Waals surface area contributed by atoms with Gasteiger partial charge in [-0.2, -0.15) is 0 Å². The van der Waals surface area contributed by atoms with Gasteiger partial charge in [0, 0.05) is 11.6 Å². The minimum absolute atomic E-state index is 0.0923. The normalized spacial score (nSPS) is 40.6. The Labute approximate surface area is 80.7 Å². The molecule has 2 unspecified atom stereocenters. The molecule has 76 valence electrons. The highest BCUT2D eigenvalue weighted by atomic mass is 16.3. The number of hydrogen-bond acceptors (Lipinski definition) is 2. The van der Waals surface area contributed by atoms with Crippen LogP contribution in [0.2, 0.25) is 0 Å². The number of aliphatic hydroxyl groups excluding tert-OH is 1. The Morgan fingerprint density at radius 2 is 2.00 bits per heavy atom. The zero-order valence-corrected chi connectivity index (χ0v) is 8.55. The Hall–Kier alpha value is -0.0800. The molecule has 0 aliphatic heterocycles. The van der Waals surface area contributed by atoms with E-state index in [1.54, 1.807) is 0 Å². The van der Waals surface area contributed by atoms with Crippen molar-refractivity contribution < 1.29 is 5.11 Å². The molecule has 2 aliphatic carbocycles. The number of nitrogens with one attached hydrogen (secondary N) is 1. The summed E-state index contributed by atoms with van der Waals surface area (Å²) in [7, 11) is 0. The number of aliphatic hydroxyl groups is 1. The van der Waals surface area contributed by atoms with E-state index in [1.807, 2.05) is 0 Å². The van der Waals surface area contributed by atoms with E-state index >= 15 is 0 Å². The minimum atomic E-state index is 0.0923. The molecule has 2 atom stereocenters. The van der Waals surface area contributed by atoms with Crippen molar-refractivity contribution in [1.29, 1.82) is 0 Å². The molecule has 0 aromatic carbocycles. The van der Waals surface area contributed by atoms with E-state index in [0.29, 0.717) is 18.6 Å².